The maximum absolute atomic E-state index is 13.1. The molecule has 2 aromatic heterocycles. The fraction of sp³-hybridized carbons (Fsp3) is 0.176. The number of hydrogen-bond donors (Lipinski definition) is 1. The quantitative estimate of drug-likeness (QED) is 0.499. The zero-order valence-electron chi connectivity index (χ0n) is 14.0. The predicted molar refractivity (Wildman–Crippen MR) is 106 cm³/mol. The molecule has 0 saturated heterocycles. The standard InChI is InChI=1S/C17H13Cl2N3O4S/c1-2-26-17(25)14-11-8-27-15(20-12(23)7-18)13(11)16(24)22(21-14)10-5-3-4-9(19)6-10/h3-6,8H,2,7H2,1H3,(H,20,23). The van der Waals surface area contributed by atoms with Crippen LogP contribution in [0.2, 0.25) is 5.02 Å². The van der Waals surface area contributed by atoms with Crippen LogP contribution in [-0.2, 0) is 9.53 Å². The van der Waals surface area contributed by atoms with Gasteiger partial charge in [0, 0.05) is 15.8 Å². The molecule has 10 heteroatoms. The lowest BCUT2D eigenvalue weighted by molar-refractivity contribution is -0.113. The number of rotatable bonds is 5. The van der Waals surface area contributed by atoms with Crippen molar-refractivity contribution < 1.29 is 14.3 Å². The molecule has 0 aliphatic heterocycles. The van der Waals surface area contributed by atoms with E-state index in [0.29, 0.717) is 16.1 Å². The summed E-state index contributed by atoms with van der Waals surface area (Å²) in [6.45, 7) is 1.82. The molecule has 3 aromatic rings. The van der Waals surface area contributed by atoms with E-state index < -0.39 is 17.4 Å². The number of alkyl halides is 1. The lowest BCUT2D eigenvalue weighted by Crippen LogP contribution is -2.25. The van der Waals surface area contributed by atoms with Crippen molar-refractivity contribution in [2.24, 2.45) is 0 Å². The van der Waals surface area contributed by atoms with Crippen molar-refractivity contribution in [2.45, 2.75) is 6.92 Å². The fourth-order valence-electron chi connectivity index (χ4n) is 2.43. The smallest absolute Gasteiger partial charge is 0.359 e. The normalized spacial score (nSPS) is 10.8. The summed E-state index contributed by atoms with van der Waals surface area (Å²) in [5, 5.41) is 9.46. The first-order chi connectivity index (χ1) is 13.0. The van der Waals surface area contributed by atoms with Gasteiger partial charge in [-0.2, -0.15) is 9.78 Å². The van der Waals surface area contributed by atoms with Gasteiger partial charge in [-0.25, -0.2) is 4.79 Å². The van der Waals surface area contributed by atoms with E-state index in [1.807, 2.05) is 0 Å². The Hall–Kier alpha value is -2.42. The Morgan fingerprint density at radius 3 is 2.81 bits per heavy atom. The van der Waals surface area contributed by atoms with Gasteiger partial charge in [0.1, 0.15) is 10.9 Å². The van der Waals surface area contributed by atoms with Crippen molar-refractivity contribution in [3.63, 3.8) is 0 Å². The maximum atomic E-state index is 13.1. The number of hydrogen-bond acceptors (Lipinski definition) is 6. The van der Waals surface area contributed by atoms with Crippen molar-refractivity contribution in [2.75, 3.05) is 17.8 Å². The number of anilines is 1. The minimum Gasteiger partial charge on any atom is -0.461 e. The first-order valence-corrected chi connectivity index (χ1v) is 9.58. The van der Waals surface area contributed by atoms with Crippen molar-refractivity contribution in [1.82, 2.24) is 9.78 Å². The van der Waals surface area contributed by atoms with Crippen LogP contribution in [0.5, 0.6) is 0 Å². The van der Waals surface area contributed by atoms with Gasteiger partial charge in [-0.15, -0.1) is 22.9 Å². The molecule has 0 spiro atoms. The second-order valence-electron chi connectivity index (χ2n) is 5.30. The summed E-state index contributed by atoms with van der Waals surface area (Å²) in [6, 6.07) is 6.48. The van der Waals surface area contributed by atoms with Gasteiger partial charge in [-0.3, -0.25) is 9.59 Å². The summed E-state index contributed by atoms with van der Waals surface area (Å²) in [7, 11) is 0. The molecule has 1 N–H and O–H groups in total. The van der Waals surface area contributed by atoms with Crippen LogP contribution in [0.15, 0.2) is 34.4 Å². The highest BCUT2D eigenvalue weighted by atomic mass is 35.5. The van der Waals surface area contributed by atoms with Crippen molar-refractivity contribution in [3.05, 3.63) is 50.7 Å². The number of nitrogens with zero attached hydrogens (tertiary/aromatic N) is 2. The first-order valence-electron chi connectivity index (χ1n) is 7.79. The number of fused-ring (bicyclic) bond motifs is 1. The molecule has 0 saturated carbocycles. The molecule has 1 amide bonds. The summed E-state index contributed by atoms with van der Waals surface area (Å²) >= 11 is 12.6. The highest BCUT2D eigenvalue weighted by Crippen LogP contribution is 2.30. The SMILES string of the molecule is CCOC(=O)c1nn(-c2cccc(Cl)c2)c(=O)c2c(NC(=O)CCl)scc12. The molecular weight excluding hydrogens is 413 g/mol. The highest BCUT2D eigenvalue weighted by Gasteiger charge is 2.23. The van der Waals surface area contributed by atoms with Crippen LogP contribution in [0.4, 0.5) is 5.00 Å². The lowest BCUT2D eigenvalue weighted by atomic mass is 10.2. The van der Waals surface area contributed by atoms with Gasteiger partial charge in [0.25, 0.3) is 5.56 Å². The third-order valence-electron chi connectivity index (χ3n) is 3.55. The monoisotopic (exact) mass is 425 g/mol. The van der Waals surface area contributed by atoms with Gasteiger partial charge in [-0.1, -0.05) is 17.7 Å². The van der Waals surface area contributed by atoms with E-state index in [-0.39, 0.29) is 28.6 Å². The Labute approximate surface area is 167 Å². The van der Waals surface area contributed by atoms with Crippen molar-refractivity contribution in [3.8, 4) is 5.69 Å². The van der Waals surface area contributed by atoms with Crippen molar-refractivity contribution >= 4 is 62.2 Å². The zero-order chi connectivity index (χ0) is 19.6. The Morgan fingerprint density at radius 2 is 2.15 bits per heavy atom. The number of carbonyl (C=O) groups is 2. The molecule has 0 bridgehead atoms. The predicted octanol–water partition coefficient (Wildman–Crippen LogP) is 3.45. The third-order valence-corrected chi connectivity index (χ3v) is 4.92. The number of aromatic nitrogens is 2. The van der Waals surface area contributed by atoms with Crippen LogP contribution < -0.4 is 10.9 Å². The van der Waals surface area contributed by atoms with Crippen LogP contribution in [0.3, 0.4) is 0 Å². The number of ether oxygens (including phenoxy) is 1. The van der Waals surface area contributed by atoms with Crippen LogP contribution >= 0.6 is 34.5 Å². The molecule has 0 fully saturated rings. The van der Waals surface area contributed by atoms with Gasteiger partial charge in [-0.05, 0) is 25.1 Å². The Morgan fingerprint density at radius 1 is 1.37 bits per heavy atom. The van der Waals surface area contributed by atoms with E-state index in [9.17, 15) is 14.4 Å². The van der Waals surface area contributed by atoms with Gasteiger partial charge in [0.2, 0.25) is 5.91 Å². The van der Waals surface area contributed by atoms with E-state index in [1.54, 1.807) is 36.6 Å². The fourth-order valence-corrected chi connectivity index (χ4v) is 3.64. The zero-order valence-corrected chi connectivity index (χ0v) is 16.3. The Bertz CT molecular complexity index is 1090. The average molecular weight is 426 g/mol. The van der Waals surface area contributed by atoms with E-state index in [1.165, 1.54) is 0 Å². The summed E-state index contributed by atoms with van der Waals surface area (Å²) < 4.78 is 6.11. The van der Waals surface area contributed by atoms with Crippen LogP contribution in [0.1, 0.15) is 17.4 Å². The molecule has 2 heterocycles. The lowest BCUT2D eigenvalue weighted by Gasteiger charge is -2.10. The molecule has 0 aliphatic carbocycles. The number of benzene rings is 1. The van der Waals surface area contributed by atoms with Gasteiger partial charge in [0.15, 0.2) is 5.69 Å². The molecule has 0 unspecified atom stereocenters. The summed E-state index contributed by atoms with van der Waals surface area (Å²) in [5.74, 6) is -1.41. The molecule has 0 aliphatic rings. The van der Waals surface area contributed by atoms with Gasteiger partial charge in [0.05, 0.1) is 17.7 Å². The van der Waals surface area contributed by atoms with E-state index in [4.69, 9.17) is 27.9 Å². The Balaban J connectivity index is 2.31. The van der Waals surface area contributed by atoms with E-state index in [0.717, 1.165) is 16.0 Å². The number of esters is 1. The minimum absolute atomic E-state index is 0.0333. The third kappa shape index (κ3) is 3.83. The first kappa shape index (κ1) is 19.3. The average Bonchev–Trinajstić information content (AvgIpc) is 3.06. The van der Waals surface area contributed by atoms with E-state index in [2.05, 4.69) is 10.4 Å². The summed E-state index contributed by atoms with van der Waals surface area (Å²) in [6.07, 6.45) is 0. The number of amides is 1. The topological polar surface area (TPSA) is 90.3 Å². The summed E-state index contributed by atoms with van der Waals surface area (Å²) in [5.41, 5.74) is -0.166. The summed E-state index contributed by atoms with van der Waals surface area (Å²) in [4.78, 5) is 37.1. The largest absolute Gasteiger partial charge is 0.461 e. The van der Waals surface area contributed by atoms with Crippen molar-refractivity contribution in [1.29, 1.82) is 0 Å². The molecule has 140 valence electrons. The highest BCUT2D eigenvalue weighted by molar-refractivity contribution is 7.16. The number of thiophene rings is 1. The van der Waals surface area contributed by atoms with Gasteiger partial charge >= 0.3 is 5.97 Å². The van der Waals surface area contributed by atoms with E-state index >= 15 is 0 Å². The maximum Gasteiger partial charge on any atom is 0.359 e. The molecule has 1 aromatic carbocycles. The van der Waals surface area contributed by atoms with Crippen LogP contribution in [-0.4, -0.2) is 34.1 Å². The minimum atomic E-state index is -0.675. The van der Waals surface area contributed by atoms with Crippen LogP contribution in [0.25, 0.3) is 16.5 Å². The van der Waals surface area contributed by atoms with Crippen LogP contribution in [0, 0.1) is 0 Å². The Kier molecular flexibility index (Phi) is 5.79. The molecular formula is C17H13Cl2N3O4S. The number of carbonyl (C=O) groups excluding carboxylic acids is 2. The number of halogens is 2. The molecule has 7 nitrogen and oxygen atoms in total. The molecule has 0 radical (unpaired) electrons. The van der Waals surface area contributed by atoms with Gasteiger partial charge < -0.3 is 10.1 Å². The second kappa shape index (κ2) is 8.08. The number of nitrogens with one attached hydrogen (secondary N) is 1. The molecule has 0 atom stereocenters. The second-order valence-corrected chi connectivity index (χ2v) is 6.88. The molecule has 3 rings (SSSR count). The molecule has 27 heavy (non-hydrogen) atoms.